The minimum atomic E-state index is -0.0426. The lowest BCUT2D eigenvalue weighted by Gasteiger charge is -2.17. The number of nitrogens with zero attached hydrogens (tertiary/aromatic N) is 1. The van der Waals surface area contributed by atoms with E-state index in [9.17, 15) is 4.79 Å². The standard InChI is InChI=1S/C22H32N4O/c1-5-23-16-8-9-17(2)24-22(27)20-10-6-7-11-21(20)25-18-12-14-19(15-13-18)26(3)4/h6-7,10-15,17,23,25H,5,8-9,16H2,1-4H3,(H,24,27). The Kier molecular flexibility index (Phi) is 8.14. The highest BCUT2D eigenvalue weighted by Crippen LogP contribution is 2.23. The van der Waals surface area contributed by atoms with Crippen LogP contribution in [0.25, 0.3) is 0 Å². The van der Waals surface area contributed by atoms with E-state index in [1.54, 1.807) is 0 Å². The second-order valence-corrected chi connectivity index (χ2v) is 6.98. The smallest absolute Gasteiger partial charge is 0.253 e. The normalized spacial score (nSPS) is 11.7. The fourth-order valence-electron chi connectivity index (χ4n) is 2.87. The van der Waals surface area contributed by atoms with Gasteiger partial charge in [0.25, 0.3) is 5.91 Å². The van der Waals surface area contributed by atoms with Crippen LogP contribution in [0, 0.1) is 0 Å². The Morgan fingerprint density at radius 3 is 2.44 bits per heavy atom. The third kappa shape index (κ3) is 6.61. The molecule has 2 aromatic carbocycles. The Bertz CT molecular complexity index is 713. The molecule has 0 fully saturated rings. The van der Waals surface area contributed by atoms with Crippen molar-refractivity contribution in [3.8, 4) is 0 Å². The Hall–Kier alpha value is -2.53. The van der Waals surface area contributed by atoms with Crippen LogP contribution in [-0.4, -0.2) is 39.1 Å². The molecule has 1 unspecified atom stereocenters. The monoisotopic (exact) mass is 368 g/mol. The zero-order chi connectivity index (χ0) is 19.6. The molecule has 0 heterocycles. The maximum atomic E-state index is 12.7. The van der Waals surface area contributed by atoms with Crippen LogP contribution in [0.5, 0.6) is 0 Å². The largest absolute Gasteiger partial charge is 0.378 e. The molecule has 0 aromatic heterocycles. The maximum Gasteiger partial charge on any atom is 0.253 e. The topological polar surface area (TPSA) is 56.4 Å². The van der Waals surface area contributed by atoms with Gasteiger partial charge in [-0.2, -0.15) is 0 Å². The first kappa shape index (κ1) is 20.8. The molecule has 0 saturated carbocycles. The third-order valence-electron chi connectivity index (χ3n) is 4.45. The van der Waals surface area contributed by atoms with E-state index in [-0.39, 0.29) is 11.9 Å². The molecule has 2 aromatic rings. The SMILES string of the molecule is CCNCCCC(C)NC(=O)c1ccccc1Nc1ccc(N(C)C)cc1. The first-order valence-corrected chi connectivity index (χ1v) is 9.66. The van der Waals surface area contributed by atoms with Crippen molar-refractivity contribution in [3.05, 3.63) is 54.1 Å². The summed E-state index contributed by atoms with van der Waals surface area (Å²) in [6.07, 6.45) is 2.01. The lowest BCUT2D eigenvalue weighted by molar-refractivity contribution is 0.0939. The van der Waals surface area contributed by atoms with E-state index >= 15 is 0 Å². The minimum Gasteiger partial charge on any atom is -0.378 e. The molecule has 0 aliphatic rings. The summed E-state index contributed by atoms with van der Waals surface area (Å²) in [5.74, 6) is -0.0426. The van der Waals surface area contributed by atoms with Crippen molar-refractivity contribution in [2.75, 3.05) is 37.4 Å². The molecule has 3 N–H and O–H groups in total. The summed E-state index contributed by atoms with van der Waals surface area (Å²) < 4.78 is 0. The van der Waals surface area contributed by atoms with Gasteiger partial charge < -0.3 is 20.9 Å². The second-order valence-electron chi connectivity index (χ2n) is 6.98. The summed E-state index contributed by atoms with van der Waals surface area (Å²) in [5, 5.41) is 9.78. The fraction of sp³-hybridized carbons (Fsp3) is 0.409. The summed E-state index contributed by atoms with van der Waals surface area (Å²) in [6, 6.07) is 15.9. The van der Waals surface area contributed by atoms with Crippen molar-refractivity contribution in [2.24, 2.45) is 0 Å². The van der Waals surface area contributed by atoms with Crippen LogP contribution in [0.15, 0.2) is 48.5 Å². The number of nitrogens with one attached hydrogen (secondary N) is 3. The minimum absolute atomic E-state index is 0.0426. The molecule has 146 valence electrons. The van der Waals surface area contributed by atoms with Crippen LogP contribution in [0.1, 0.15) is 37.0 Å². The van der Waals surface area contributed by atoms with Crippen molar-refractivity contribution in [1.82, 2.24) is 10.6 Å². The van der Waals surface area contributed by atoms with Crippen molar-refractivity contribution >= 4 is 23.0 Å². The van der Waals surface area contributed by atoms with Crippen LogP contribution in [-0.2, 0) is 0 Å². The second kappa shape index (κ2) is 10.6. The van der Waals surface area contributed by atoms with Crippen LogP contribution >= 0.6 is 0 Å². The lowest BCUT2D eigenvalue weighted by Crippen LogP contribution is -2.33. The number of benzene rings is 2. The Morgan fingerprint density at radius 1 is 1.07 bits per heavy atom. The first-order chi connectivity index (χ1) is 13.0. The maximum absolute atomic E-state index is 12.7. The molecule has 0 aliphatic carbocycles. The number of anilines is 3. The van der Waals surface area contributed by atoms with E-state index < -0.39 is 0 Å². The van der Waals surface area contributed by atoms with Gasteiger partial charge in [0.1, 0.15) is 0 Å². The molecule has 5 nitrogen and oxygen atoms in total. The molecule has 1 atom stereocenters. The van der Waals surface area contributed by atoms with Gasteiger partial charge in [0, 0.05) is 31.5 Å². The number of carbonyl (C=O) groups excluding carboxylic acids is 1. The molecular formula is C22H32N4O. The summed E-state index contributed by atoms with van der Waals surface area (Å²) in [5.41, 5.74) is 3.57. The van der Waals surface area contributed by atoms with Gasteiger partial charge in [0.05, 0.1) is 11.3 Å². The summed E-state index contributed by atoms with van der Waals surface area (Å²) in [7, 11) is 4.03. The van der Waals surface area contributed by atoms with Gasteiger partial charge in [-0.05, 0) is 69.3 Å². The molecule has 0 saturated heterocycles. The lowest BCUT2D eigenvalue weighted by atomic mass is 10.1. The Morgan fingerprint density at radius 2 is 1.78 bits per heavy atom. The first-order valence-electron chi connectivity index (χ1n) is 9.66. The highest BCUT2D eigenvalue weighted by Gasteiger charge is 2.13. The number of carbonyl (C=O) groups is 1. The number of rotatable bonds is 10. The van der Waals surface area contributed by atoms with Crippen molar-refractivity contribution in [3.63, 3.8) is 0 Å². The molecule has 0 spiro atoms. The van der Waals surface area contributed by atoms with Gasteiger partial charge in [-0.3, -0.25) is 4.79 Å². The van der Waals surface area contributed by atoms with E-state index in [2.05, 4.69) is 46.8 Å². The Balaban J connectivity index is 2.00. The number of para-hydroxylation sites is 1. The van der Waals surface area contributed by atoms with Crippen molar-refractivity contribution in [1.29, 1.82) is 0 Å². The van der Waals surface area contributed by atoms with Crippen LogP contribution in [0.3, 0.4) is 0 Å². The van der Waals surface area contributed by atoms with Crippen LogP contribution in [0.2, 0.25) is 0 Å². The predicted octanol–water partition coefficient (Wildman–Crippen LogP) is 4.00. The van der Waals surface area contributed by atoms with E-state index in [4.69, 9.17) is 0 Å². The highest BCUT2D eigenvalue weighted by atomic mass is 16.1. The van der Waals surface area contributed by atoms with Gasteiger partial charge in [-0.25, -0.2) is 0 Å². The quantitative estimate of drug-likeness (QED) is 0.555. The van der Waals surface area contributed by atoms with Crippen molar-refractivity contribution < 1.29 is 4.79 Å². The number of hydrogen-bond acceptors (Lipinski definition) is 4. The van der Waals surface area contributed by atoms with Gasteiger partial charge in [-0.1, -0.05) is 19.1 Å². The van der Waals surface area contributed by atoms with E-state index in [0.717, 1.165) is 43.0 Å². The van der Waals surface area contributed by atoms with E-state index in [0.29, 0.717) is 5.56 Å². The zero-order valence-electron chi connectivity index (χ0n) is 16.9. The zero-order valence-corrected chi connectivity index (χ0v) is 16.9. The van der Waals surface area contributed by atoms with Gasteiger partial charge in [-0.15, -0.1) is 0 Å². The molecule has 27 heavy (non-hydrogen) atoms. The average Bonchev–Trinajstić information content (AvgIpc) is 2.66. The summed E-state index contributed by atoms with van der Waals surface area (Å²) >= 11 is 0. The van der Waals surface area contributed by atoms with Crippen molar-refractivity contribution in [2.45, 2.75) is 32.7 Å². The molecule has 0 aliphatic heterocycles. The van der Waals surface area contributed by atoms with E-state index in [1.807, 2.05) is 50.5 Å². The summed E-state index contributed by atoms with van der Waals surface area (Å²) in [4.78, 5) is 14.8. The Labute approximate surface area is 163 Å². The molecule has 2 rings (SSSR count). The van der Waals surface area contributed by atoms with Gasteiger partial charge in [0.2, 0.25) is 0 Å². The molecule has 1 amide bonds. The predicted molar refractivity (Wildman–Crippen MR) is 115 cm³/mol. The van der Waals surface area contributed by atoms with Gasteiger partial charge in [0.15, 0.2) is 0 Å². The average molecular weight is 369 g/mol. The molecular weight excluding hydrogens is 336 g/mol. The highest BCUT2D eigenvalue weighted by molar-refractivity contribution is 6.00. The molecule has 5 heteroatoms. The van der Waals surface area contributed by atoms with Gasteiger partial charge >= 0.3 is 0 Å². The van der Waals surface area contributed by atoms with Crippen LogP contribution in [0.4, 0.5) is 17.1 Å². The third-order valence-corrected chi connectivity index (χ3v) is 4.45. The molecule has 0 bridgehead atoms. The fourth-order valence-corrected chi connectivity index (χ4v) is 2.87. The molecule has 0 radical (unpaired) electrons. The van der Waals surface area contributed by atoms with E-state index in [1.165, 1.54) is 0 Å². The summed E-state index contributed by atoms with van der Waals surface area (Å²) in [6.45, 7) is 6.12. The van der Waals surface area contributed by atoms with Crippen LogP contribution < -0.4 is 20.9 Å². The number of amides is 1. The number of hydrogen-bond donors (Lipinski definition) is 3.